The summed E-state index contributed by atoms with van der Waals surface area (Å²) in [6.45, 7) is 6.67. The Kier molecular flexibility index (Phi) is 6.78. The van der Waals surface area contributed by atoms with Gasteiger partial charge in [0.15, 0.2) is 0 Å². The standard InChI is InChI=1S/C24H24ClNO3/c1-4-28-23-12-9-18(24(27)26-21-11-10-20(25)13-17(21)3)14-19(23)15-29-22-8-6-5-7-16(22)2/h5-14H,4,15H2,1-3H3,(H,26,27). The number of anilines is 1. The van der Waals surface area contributed by atoms with E-state index >= 15 is 0 Å². The van der Waals surface area contributed by atoms with Crippen molar-refractivity contribution in [3.63, 3.8) is 0 Å². The Bertz CT molecular complexity index is 1020. The molecule has 1 amide bonds. The van der Waals surface area contributed by atoms with Crippen LogP contribution in [-0.4, -0.2) is 12.5 Å². The van der Waals surface area contributed by atoms with E-state index in [-0.39, 0.29) is 5.91 Å². The predicted octanol–water partition coefficient (Wildman–Crippen LogP) is 6.19. The molecule has 0 spiro atoms. The van der Waals surface area contributed by atoms with Gasteiger partial charge in [-0.1, -0.05) is 29.8 Å². The fourth-order valence-corrected chi connectivity index (χ4v) is 3.19. The third-order valence-corrected chi connectivity index (χ3v) is 4.77. The van der Waals surface area contributed by atoms with Crippen LogP contribution < -0.4 is 14.8 Å². The number of ether oxygens (including phenoxy) is 2. The molecule has 4 nitrogen and oxygen atoms in total. The summed E-state index contributed by atoms with van der Waals surface area (Å²) in [5.74, 6) is 1.32. The number of carbonyl (C=O) groups is 1. The number of aryl methyl sites for hydroxylation is 2. The molecule has 0 saturated carbocycles. The molecule has 29 heavy (non-hydrogen) atoms. The van der Waals surface area contributed by atoms with Gasteiger partial charge < -0.3 is 14.8 Å². The van der Waals surface area contributed by atoms with Crippen molar-refractivity contribution in [1.82, 2.24) is 0 Å². The maximum Gasteiger partial charge on any atom is 0.255 e. The second kappa shape index (κ2) is 9.48. The average molecular weight is 410 g/mol. The van der Waals surface area contributed by atoms with Crippen LogP contribution in [0.4, 0.5) is 5.69 Å². The van der Waals surface area contributed by atoms with Crippen LogP contribution in [0.25, 0.3) is 0 Å². The van der Waals surface area contributed by atoms with Crippen LogP contribution in [0.15, 0.2) is 60.7 Å². The first-order chi connectivity index (χ1) is 14.0. The van der Waals surface area contributed by atoms with Crippen molar-refractivity contribution in [3.05, 3.63) is 87.9 Å². The van der Waals surface area contributed by atoms with E-state index in [1.54, 1.807) is 18.2 Å². The number of rotatable bonds is 7. The molecule has 0 aliphatic rings. The lowest BCUT2D eigenvalue weighted by atomic mass is 10.1. The highest BCUT2D eigenvalue weighted by Gasteiger charge is 2.13. The van der Waals surface area contributed by atoms with Gasteiger partial charge in [0.1, 0.15) is 18.1 Å². The van der Waals surface area contributed by atoms with E-state index in [1.807, 2.05) is 63.2 Å². The van der Waals surface area contributed by atoms with Crippen LogP contribution in [0, 0.1) is 13.8 Å². The summed E-state index contributed by atoms with van der Waals surface area (Å²) in [4.78, 5) is 12.8. The zero-order chi connectivity index (χ0) is 20.8. The van der Waals surface area contributed by atoms with Crippen molar-refractivity contribution in [2.75, 3.05) is 11.9 Å². The molecule has 1 N–H and O–H groups in total. The van der Waals surface area contributed by atoms with Crippen LogP contribution in [0.2, 0.25) is 5.02 Å². The summed E-state index contributed by atoms with van der Waals surface area (Å²) in [6.07, 6.45) is 0. The molecular formula is C24H24ClNO3. The molecule has 0 atom stereocenters. The lowest BCUT2D eigenvalue weighted by Gasteiger charge is -2.15. The lowest BCUT2D eigenvalue weighted by molar-refractivity contribution is 0.102. The van der Waals surface area contributed by atoms with Gasteiger partial charge in [-0.2, -0.15) is 0 Å². The normalized spacial score (nSPS) is 10.5. The van der Waals surface area contributed by atoms with Crippen molar-refractivity contribution < 1.29 is 14.3 Å². The van der Waals surface area contributed by atoms with Gasteiger partial charge in [0, 0.05) is 21.8 Å². The summed E-state index contributed by atoms with van der Waals surface area (Å²) in [6, 6.07) is 18.6. The quantitative estimate of drug-likeness (QED) is 0.506. The highest BCUT2D eigenvalue weighted by molar-refractivity contribution is 6.30. The van der Waals surface area contributed by atoms with E-state index in [2.05, 4.69) is 5.32 Å². The summed E-state index contributed by atoms with van der Waals surface area (Å²) in [7, 11) is 0. The highest BCUT2D eigenvalue weighted by atomic mass is 35.5. The molecule has 0 heterocycles. The minimum absolute atomic E-state index is 0.199. The van der Waals surface area contributed by atoms with Gasteiger partial charge in [-0.05, 0) is 74.4 Å². The van der Waals surface area contributed by atoms with Gasteiger partial charge in [-0.15, -0.1) is 0 Å². The maximum absolute atomic E-state index is 12.8. The number of para-hydroxylation sites is 1. The molecule has 0 radical (unpaired) electrons. The first-order valence-corrected chi connectivity index (χ1v) is 9.87. The van der Waals surface area contributed by atoms with Crippen LogP contribution in [-0.2, 0) is 6.61 Å². The molecule has 0 aliphatic carbocycles. The van der Waals surface area contributed by atoms with Crippen molar-refractivity contribution in [2.24, 2.45) is 0 Å². The molecular weight excluding hydrogens is 386 g/mol. The molecule has 3 aromatic rings. The van der Waals surface area contributed by atoms with Crippen molar-refractivity contribution in [1.29, 1.82) is 0 Å². The predicted molar refractivity (Wildman–Crippen MR) is 117 cm³/mol. The third-order valence-electron chi connectivity index (χ3n) is 4.54. The number of carbonyl (C=O) groups excluding carboxylic acids is 1. The fourth-order valence-electron chi connectivity index (χ4n) is 2.97. The molecule has 0 aromatic heterocycles. The largest absolute Gasteiger partial charge is 0.493 e. The van der Waals surface area contributed by atoms with E-state index in [0.29, 0.717) is 29.5 Å². The van der Waals surface area contributed by atoms with Crippen LogP contribution >= 0.6 is 11.6 Å². The Balaban J connectivity index is 1.81. The van der Waals surface area contributed by atoms with E-state index < -0.39 is 0 Å². The molecule has 0 unspecified atom stereocenters. The van der Waals surface area contributed by atoms with Gasteiger partial charge in [0.05, 0.1) is 6.61 Å². The van der Waals surface area contributed by atoms with E-state index in [4.69, 9.17) is 21.1 Å². The Labute approximate surface area is 176 Å². The zero-order valence-corrected chi connectivity index (χ0v) is 17.5. The number of hydrogen-bond acceptors (Lipinski definition) is 3. The fraction of sp³-hybridized carbons (Fsp3) is 0.208. The lowest BCUT2D eigenvalue weighted by Crippen LogP contribution is -2.14. The van der Waals surface area contributed by atoms with Gasteiger partial charge in [-0.3, -0.25) is 4.79 Å². The highest BCUT2D eigenvalue weighted by Crippen LogP contribution is 2.25. The number of benzene rings is 3. The molecule has 0 fully saturated rings. The molecule has 0 bridgehead atoms. The number of halogens is 1. The van der Waals surface area contributed by atoms with E-state index in [1.165, 1.54) is 0 Å². The van der Waals surface area contributed by atoms with Crippen molar-refractivity contribution in [2.45, 2.75) is 27.4 Å². The first kappa shape index (κ1) is 20.7. The third kappa shape index (κ3) is 5.30. The molecule has 0 saturated heterocycles. The van der Waals surface area contributed by atoms with Crippen molar-refractivity contribution >= 4 is 23.2 Å². The molecule has 0 aliphatic heterocycles. The Hall–Kier alpha value is -2.98. The summed E-state index contributed by atoms with van der Waals surface area (Å²) in [5.41, 5.74) is 4.03. The van der Waals surface area contributed by atoms with Gasteiger partial charge >= 0.3 is 0 Å². The number of nitrogens with one attached hydrogen (secondary N) is 1. The zero-order valence-electron chi connectivity index (χ0n) is 16.8. The average Bonchev–Trinajstić information content (AvgIpc) is 2.70. The molecule has 150 valence electrons. The van der Waals surface area contributed by atoms with E-state index in [9.17, 15) is 4.79 Å². The smallest absolute Gasteiger partial charge is 0.255 e. The van der Waals surface area contributed by atoms with Crippen LogP contribution in [0.3, 0.4) is 0 Å². The van der Waals surface area contributed by atoms with Crippen molar-refractivity contribution in [3.8, 4) is 11.5 Å². The minimum atomic E-state index is -0.199. The van der Waals surface area contributed by atoms with Gasteiger partial charge in [-0.25, -0.2) is 0 Å². The van der Waals surface area contributed by atoms with Crippen LogP contribution in [0.1, 0.15) is 34.0 Å². The van der Waals surface area contributed by atoms with Gasteiger partial charge in [0.25, 0.3) is 5.91 Å². The second-order valence-corrected chi connectivity index (χ2v) is 7.16. The Morgan fingerprint density at radius 3 is 2.45 bits per heavy atom. The SMILES string of the molecule is CCOc1ccc(C(=O)Nc2ccc(Cl)cc2C)cc1COc1ccccc1C. The molecule has 3 aromatic carbocycles. The summed E-state index contributed by atoms with van der Waals surface area (Å²) < 4.78 is 11.7. The number of amides is 1. The minimum Gasteiger partial charge on any atom is -0.493 e. The van der Waals surface area contributed by atoms with Gasteiger partial charge in [0.2, 0.25) is 0 Å². The molecule has 5 heteroatoms. The summed E-state index contributed by atoms with van der Waals surface area (Å²) in [5, 5.41) is 3.57. The maximum atomic E-state index is 12.8. The molecule has 3 rings (SSSR count). The second-order valence-electron chi connectivity index (χ2n) is 6.72. The topological polar surface area (TPSA) is 47.6 Å². The first-order valence-electron chi connectivity index (χ1n) is 9.49. The van der Waals surface area contributed by atoms with E-state index in [0.717, 1.165) is 28.1 Å². The monoisotopic (exact) mass is 409 g/mol. The Morgan fingerprint density at radius 2 is 1.72 bits per heavy atom. The number of hydrogen-bond donors (Lipinski definition) is 1. The summed E-state index contributed by atoms with van der Waals surface area (Å²) >= 11 is 5.99. The van der Waals surface area contributed by atoms with Crippen LogP contribution in [0.5, 0.6) is 11.5 Å². The Morgan fingerprint density at radius 1 is 0.931 bits per heavy atom.